The van der Waals surface area contributed by atoms with E-state index < -0.39 is 5.97 Å². The van der Waals surface area contributed by atoms with E-state index in [9.17, 15) is 9.90 Å². The van der Waals surface area contributed by atoms with Crippen molar-refractivity contribution >= 4 is 5.97 Å². The normalized spacial score (nSPS) is 15.9. The third-order valence-electron chi connectivity index (χ3n) is 3.53. The summed E-state index contributed by atoms with van der Waals surface area (Å²) in [6, 6.07) is 0. The van der Waals surface area contributed by atoms with E-state index in [1.807, 2.05) is 6.92 Å². The fraction of sp³-hybridized carbons (Fsp3) is 0.786. The molecule has 0 aromatic carbocycles. The van der Waals surface area contributed by atoms with E-state index in [1.165, 1.54) is 19.3 Å². The predicted molar refractivity (Wildman–Crippen MR) is 68.5 cm³/mol. The van der Waals surface area contributed by atoms with Crippen LogP contribution < -0.4 is 0 Å². The number of hydrogen-bond donors (Lipinski definition) is 1. The quantitative estimate of drug-likeness (QED) is 0.492. The van der Waals surface area contributed by atoms with Crippen LogP contribution in [0.5, 0.6) is 0 Å². The van der Waals surface area contributed by atoms with Gasteiger partial charge in [-0.2, -0.15) is 0 Å². The maximum absolute atomic E-state index is 11.2. The number of carboxylic acid groups (broad SMARTS) is 1. The summed E-state index contributed by atoms with van der Waals surface area (Å²) in [5.74, 6) is -0.762. The van der Waals surface area contributed by atoms with Gasteiger partial charge in [0, 0.05) is 5.57 Å². The van der Waals surface area contributed by atoms with Gasteiger partial charge in [-0.25, -0.2) is 4.79 Å². The lowest BCUT2D eigenvalue weighted by Crippen LogP contribution is -2.24. The van der Waals surface area contributed by atoms with Crippen LogP contribution >= 0.6 is 0 Å². The van der Waals surface area contributed by atoms with Crippen molar-refractivity contribution < 1.29 is 9.90 Å². The molecule has 0 saturated carbocycles. The second-order valence-electron chi connectivity index (χ2n) is 4.73. The third-order valence-corrected chi connectivity index (χ3v) is 3.53. The van der Waals surface area contributed by atoms with E-state index >= 15 is 0 Å². The van der Waals surface area contributed by atoms with Gasteiger partial charge in [0.05, 0.1) is 0 Å². The number of unbranched alkanes of at least 4 members (excludes halogenated alkanes) is 3. The molecule has 0 aliphatic carbocycles. The molecule has 0 aromatic rings. The summed E-state index contributed by atoms with van der Waals surface area (Å²) in [7, 11) is 0. The fourth-order valence-electron chi connectivity index (χ4n) is 2.17. The predicted octanol–water partition coefficient (Wildman–Crippen LogP) is 4.40. The highest BCUT2D eigenvalue weighted by Crippen LogP contribution is 2.36. The number of carboxylic acids is 1. The largest absolute Gasteiger partial charge is 0.478 e. The van der Waals surface area contributed by atoms with Crippen LogP contribution in [0.2, 0.25) is 0 Å². The van der Waals surface area contributed by atoms with Gasteiger partial charge in [0.1, 0.15) is 0 Å². The highest BCUT2D eigenvalue weighted by atomic mass is 16.4. The lowest BCUT2D eigenvalue weighted by atomic mass is 9.75. The molecule has 2 heteroatoms. The van der Waals surface area contributed by atoms with Gasteiger partial charge in [-0.1, -0.05) is 52.5 Å². The molecule has 0 fully saturated rings. The van der Waals surface area contributed by atoms with Crippen molar-refractivity contribution in [3.05, 3.63) is 11.6 Å². The lowest BCUT2D eigenvalue weighted by Gasteiger charge is -2.29. The van der Waals surface area contributed by atoms with Gasteiger partial charge in [0.2, 0.25) is 0 Å². The highest BCUT2D eigenvalue weighted by Gasteiger charge is 2.30. The van der Waals surface area contributed by atoms with E-state index in [1.54, 1.807) is 6.08 Å². The van der Waals surface area contributed by atoms with Crippen LogP contribution in [0.25, 0.3) is 0 Å². The van der Waals surface area contributed by atoms with Crippen molar-refractivity contribution in [2.45, 2.75) is 66.2 Å². The molecule has 94 valence electrons. The minimum absolute atomic E-state index is 0.158. The van der Waals surface area contributed by atoms with Crippen molar-refractivity contribution in [3.8, 4) is 0 Å². The zero-order valence-corrected chi connectivity index (χ0v) is 11.2. The average molecular weight is 226 g/mol. The van der Waals surface area contributed by atoms with Crippen LogP contribution in [-0.4, -0.2) is 11.1 Å². The molecule has 1 N–H and O–H groups in total. The van der Waals surface area contributed by atoms with Gasteiger partial charge in [0.25, 0.3) is 0 Å². The second kappa shape index (κ2) is 7.48. The van der Waals surface area contributed by atoms with Crippen molar-refractivity contribution in [3.63, 3.8) is 0 Å². The highest BCUT2D eigenvalue weighted by molar-refractivity contribution is 5.88. The minimum atomic E-state index is -0.762. The van der Waals surface area contributed by atoms with Gasteiger partial charge in [-0.15, -0.1) is 0 Å². The zero-order valence-electron chi connectivity index (χ0n) is 11.2. The Morgan fingerprint density at radius 1 is 1.25 bits per heavy atom. The first-order chi connectivity index (χ1) is 7.51. The molecule has 0 saturated heterocycles. The fourth-order valence-corrected chi connectivity index (χ4v) is 2.17. The molecule has 0 spiro atoms. The summed E-state index contributed by atoms with van der Waals surface area (Å²) in [6.07, 6.45) is 8.44. The maximum atomic E-state index is 11.2. The maximum Gasteiger partial charge on any atom is 0.331 e. The standard InChI is InChI=1S/C14H26O2/c1-5-8-9-10-11-14(4,7-3)12(6-2)13(15)16/h6H,5,7-11H2,1-4H3,(H,15,16). The summed E-state index contributed by atoms with van der Waals surface area (Å²) < 4.78 is 0. The number of carbonyl (C=O) groups is 1. The van der Waals surface area contributed by atoms with Gasteiger partial charge in [-0.05, 0) is 25.2 Å². The SMILES string of the molecule is CC=C(C(=O)O)C(C)(CC)CCCCCC. The van der Waals surface area contributed by atoms with E-state index in [4.69, 9.17) is 0 Å². The Morgan fingerprint density at radius 2 is 1.88 bits per heavy atom. The van der Waals surface area contributed by atoms with Crippen LogP contribution in [0.1, 0.15) is 66.2 Å². The molecule has 0 aromatic heterocycles. The molecule has 0 heterocycles. The van der Waals surface area contributed by atoms with E-state index in [0.717, 1.165) is 19.3 Å². The van der Waals surface area contributed by atoms with Crippen LogP contribution in [0, 0.1) is 5.41 Å². The molecule has 0 aliphatic heterocycles. The van der Waals surface area contributed by atoms with Crippen molar-refractivity contribution in [1.82, 2.24) is 0 Å². The molecular formula is C14H26O2. The Bertz CT molecular complexity index is 243. The van der Waals surface area contributed by atoms with E-state index in [0.29, 0.717) is 5.57 Å². The minimum Gasteiger partial charge on any atom is -0.478 e. The van der Waals surface area contributed by atoms with Gasteiger partial charge in [-0.3, -0.25) is 0 Å². The van der Waals surface area contributed by atoms with Crippen LogP contribution in [0.3, 0.4) is 0 Å². The molecule has 0 amide bonds. The topological polar surface area (TPSA) is 37.3 Å². The Kier molecular flexibility index (Phi) is 7.11. The summed E-state index contributed by atoms with van der Waals surface area (Å²) in [5, 5.41) is 9.17. The molecule has 0 radical (unpaired) electrons. The van der Waals surface area contributed by atoms with Gasteiger partial charge in [0.15, 0.2) is 0 Å². The van der Waals surface area contributed by atoms with Crippen LogP contribution in [0.15, 0.2) is 11.6 Å². The third kappa shape index (κ3) is 4.38. The Morgan fingerprint density at radius 3 is 2.25 bits per heavy atom. The van der Waals surface area contributed by atoms with E-state index in [-0.39, 0.29) is 5.41 Å². The number of hydrogen-bond acceptors (Lipinski definition) is 1. The molecule has 2 nitrogen and oxygen atoms in total. The van der Waals surface area contributed by atoms with Crippen molar-refractivity contribution in [1.29, 1.82) is 0 Å². The zero-order chi connectivity index (χ0) is 12.6. The lowest BCUT2D eigenvalue weighted by molar-refractivity contribution is -0.134. The molecule has 16 heavy (non-hydrogen) atoms. The van der Waals surface area contributed by atoms with Crippen LogP contribution in [0.4, 0.5) is 0 Å². The molecule has 1 atom stereocenters. The smallest absolute Gasteiger partial charge is 0.331 e. The first-order valence-electron chi connectivity index (χ1n) is 6.42. The Hall–Kier alpha value is -0.790. The molecule has 0 rings (SSSR count). The van der Waals surface area contributed by atoms with Gasteiger partial charge < -0.3 is 5.11 Å². The van der Waals surface area contributed by atoms with Crippen LogP contribution in [-0.2, 0) is 4.79 Å². The average Bonchev–Trinajstić information content (AvgIpc) is 2.25. The Labute approximate surface area is 99.7 Å². The first kappa shape index (κ1) is 15.2. The van der Waals surface area contributed by atoms with E-state index in [2.05, 4.69) is 20.8 Å². The summed E-state index contributed by atoms with van der Waals surface area (Å²) in [4.78, 5) is 11.2. The number of aliphatic carboxylic acids is 1. The van der Waals surface area contributed by atoms with Gasteiger partial charge >= 0.3 is 5.97 Å². The molecule has 1 unspecified atom stereocenters. The number of allylic oxidation sites excluding steroid dienone is 1. The summed E-state index contributed by atoms with van der Waals surface area (Å²) >= 11 is 0. The monoisotopic (exact) mass is 226 g/mol. The van der Waals surface area contributed by atoms with Crippen molar-refractivity contribution in [2.24, 2.45) is 5.41 Å². The molecule has 0 bridgehead atoms. The Balaban J connectivity index is 4.46. The first-order valence-corrected chi connectivity index (χ1v) is 6.42. The van der Waals surface area contributed by atoms with Crippen molar-refractivity contribution in [2.75, 3.05) is 0 Å². The molecular weight excluding hydrogens is 200 g/mol. The molecule has 0 aliphatic rings. The summed E-state index contributed by atoms with van der Waals surface area (Å²) in [5.41, 5.74) is 0.417. The summed E-state index contributed by atoms with van der Waals surface area (Å²) in [6.45, 7) is 8.16. The second-order valence-corrected chi connectivity index (χ2v) is 4.73. The number of rotatable bonds is 8.